The van der Waals surface area contributed by atoms with Gasteiger partial charge in [-0.2, -0.15) is 0 Å². The molecule has 4 rings (SSSR count). The van der Waals surface area contributed by atoms with Crippen molar-refractivity contribution in [3.05, 3.63) is 40.1 Å². The van der Waals surface area contributed by atoms with Crippen LogP contribution in [0, 0.1) is 0 Å². The van der Waals surface area contributed by atoms with Crippen LogP contribution < -0.4 is 10.2 Å². The van der Waals surface area contributed by atoms with Gasteiger partial charge in [0.15, 0.2) is 11.3 Å². The molecule has 2 heterocycles. The number of fused-ring (bicyclic) bond motifs is 4. The zero-order valence-corrected chi connectivity index (χ0v) is 13.2. The predicted octanol–water partition coefficient (Wildman–Crippen LogP) is 2.43. The molecule has 1 aliphatic heterocycles. The van der Waals surface area contributed by atoms with Gasteiger partial charge in [0.2, 0.25) is 5.43 Å². The molecule has 1 unspecified atom stereocenters. The molecule has 0 saturated carbocycles. The van der Waals surface area contributed by atoms with E-state index in [0.717, 1.165) is 0 Å². The summed E-state index contributed by atoms with van der Waals surface area (Å²) in [5, 5.41) is 30.7. The van der Waals surface area contributed by atoms with Crippen LogP contribution in [-0.2, 0) is 6.42 Å². The maximum atomic E-state index is 12.7. The summed E-state index contributed by atoms with van der Waals surface area (Å²) in [6.07, 6.45) is -0.194. The first-order valence-electron chi connectivity index (χ1n) is 7.59. The van der Waals surface area contributed by atoms with Gasteiger partial charge in [-0.3, -0.25) is 4.79 Å². The molecule has 3 aromatic rings. The molecule has 0 bridgehead atoms. The summed E-state index contributed by atoms with van der Waals surface area (Å²) in [6, 6.07) is 5.87. The van der Waals surface area contributed by atoms with Crippen molar-refractivity contribution in [1.29, 1.82) is 0 Å². The Balaban J connectivity index is 2.09. The van der Waals surface area contributed by atoms with Crippen LogP contribution in [0.25, 0.3) is 21.9 Å². The van der Waals surface area contributed by atoms with Crippen molar-refractivity contribution in [2.45, 2.75) is 32.0 Å². The van der Waals surface area contributed by atoms with Crippen molar-refractivity contribution in [2.75, 3.05) is 0 Å². The maximum Gasteiger partial charge on any atom is 0.204 e. The van der Waals surface area contributed by atoms with E-state index in [0.29, 0.717) is 17.7 Å². The molecule has 0 fully saturated rings. The number of rotatable bonds is 1. The number of benzene rings is 2. The van der Waals surface area contributed by atoms with Crippen LogP contribution in [0.1, 0.15) is 19.4 Å². The van der Waals surface area contributed by atoms with Gasteiger partial charge in [-0.1, -0.05) is 6.07 Å². The van der Waals surface area contributed by atoms with E-state index in [1.807, 2.05) is 0 Å². The van der Waals surface area contributed by atoms with Gasteiger partial charge in [-0.15, -0.1) is 0 Å². The molecule has 0 saturated heterocycles. The second-order valence-corrected chi connectivity index (χ2v) is 6.63. The highest BCUT2D eigenvalue weighted by molar-refractivity contribution is 5.97. The van der Waals surface area contributed by atoms with Gasteiger partial charge in [-0.25, -0.2) is 0 Å². The fraction of sp³-hybridized carbons (Fsp3) is 0.278. The van der Waals surface area contributed by atoms with E-state index in [1.165, 1.54) is 24.3 Å². The third-order valence-electron chi connectivity index (χ3n) is 4.44. The van der Waals surface area contributed by atoms with Crippen molar-refractivity contribution in [2.24, 2.45) is 0 Å². The van der Waals surface area contributed by atoms with Crippen LogP contribution in [0.2, 0.25) is 0 Å². The second kappa shape index (κ2) is 4.64. The minimum atomic E-state index is -1.10. The van der Waals surface area contributed by atoms with Crippen LogP contribution in [-0.4, -0.2) is 27.0 Å². The lowest BCUT2D eigenvalue weighted by Gasteiger charge is -2.24. The number of para-hydroxylation sites is 1. The molecule has 124 valence electrons. The molecule has 24 heavy (non-hydrogen) atoms. The summed E-state index contributed by atoms with van der Waals surface area (Å²) in [6.45, 7) is 3.26. The average Bonchev–Trinajstić information content (AvgIpc) is 2.92. The van der Waals surface area contributed by atoms with Gasteiger partial charge in [0, 0.05) is 18.1 Å². The summed E-state index contributed by atoms with van der Waals surface area (Å²) >= 11 is 0. The molecular formula is C18H16O6. The number of hydrogen-bond donors (Lipinski definition) is 3. The summed E-state index contributed by atoms with van der Waals surface area (Å²) in [5.41, 5.74) is -0.683. The van der Waals surface area contributed by atoms with Crippen LogP contribution in [0.15, 0.2) is 33.5 Å². The van der Waals surface area contributed by atoms with E-state index in [1.54, 1.807) is 13.8 Å². The second-order valence-electron chi connectivity index (χ2n) is 6.63. The molecular weight excluding hydrogens is 312 g/mol. The number of aliphatic hydroxyl groups is 1. The Bertz CT molecular complexity index is 1040. The van der Waals surface area contributed by atoms with E-state index >= 15 is 0 Å². The first-order valence-corrected chi connectivity index (χ1v) is 7.59. The summed E-state index contributed by atoms with van der Waals surface area (Å²) < 4.78 is 11.5. The normalized spacial score (nSPS) is 17.2. The molecule has 0 spiro atoms. The van der Waals surface area contributed by atoms with Gasteiger partial charge in [0.1, 0.15) is 28.6 Å². The van der Waals surface area contributed by atoms with Crippen LogP contribution >= 0.6 is 0 Å². The van der Waals surface area contributed by atoms with Crippen molar-refractivity contribution in [3.63, 3.8) is 0 Å². The molecule has 6 heteroatoms. The van der Waals surface area contributed by atoms with E-state index < -0.39 is 17.1 Å². The van der Waals surface area contributed by atoms with Gasteiger partial charge in [-0.05, 0) is 26.0 Å². The summed E-state index contributed by atoms with van der Waals surface area (Å²) in [5.74, 6) is -0.0364. The van der Waals surface area contributed by atoms with Crippen molar-refractivity contribution < 1.29 is 24.5 Å². The predicted molar refractivity (Wildman–Crippen MR) is 87.7 cm³/mol. The topological polar surface area (TPSA) is 100 Å². The Labute approximate surface area is 136 Å². The van der Waals surface area contributed by atoms with E-state index in [2.05, 4.69) is 0 Å². The molecule has 1 aliphatic rings. The van der Waals surface area contributed by atoms with Gasteiger partial charge in [0.25, 0.3) is 0 Å². The Kier molecular flexibility index (Phi) is 2.87. The molecule has 6 nitrogen and oxygen atoms in total. The zero-order chi connectivity index (χ0) is 17.2. The van der Waals surface area contributed by atoms with Crippen molar-refractivity contribution >= 4 is 21.9 Å². The Morgan fingerprint density at radius 1 is 1.17 bits per heavy atom. The van der Waals surface area contributed by atoms with Crippen molar-refractivity contribution in [1.82, 2.24) is 0 Å². The van der Waals surface area contributed by atoms with E-state index in [-0.39, 0.29) is 33.4 Å². The van der Waals surface area contributed by atoms with E-state index in [4.69, 9.17) is 9.15 Å². The highest BCUT2D eigenvalue weighted by Gasteiger charge is 2.37. The number of ether oxygens (including phenoxy) is 1. The van der Waals surface area contributed by atoms with Gasteiger partial charge in [0.05, 0.1) is 11.0 Å². The lowest BCUT2D eigenvalue weighted by Crippen LogP contribution is -2.39. The molecule has 0 amide bonds. The molecule has 1 aromatic heterocycles. The maximum absolute atomic E-state index is 12.7. The molecule has 3 N–H and O–H groups in total. The minimum absolute atomic E-state index is 0.0480. The SMILES string of the molecule is CC(C)(O)C1Cc2c(cc(O)c3c(=O)c4cccc(O)c4oc23)O1. The highest BCUT2D eigenvalue weighted by atomic mass is 16.5. The van der Waals surface area contributed by atoms with Crippen LogP contribution in [0.3, 0.4) is 0 Å². The smallest absolute Gasteiger partial charge is 0.204 e. The molecule has 0 aliphatic carbocycles. The Morgan fingerprint density at radius 3 is 2.62 bits per heavy atom. The largest absolute Gasteiger partial charge is 0.507 e. The quantitative estimate of drug-likeness (QED) is 0.593. The van der Waals surface area contributed by atoms with Crippen LogP contribution in [0.5, 0.6) is 17.2 Å². The van der Waals surface area contributed by atoms with E-state index in [9.17, 15) is 20.1 Å². The summed E-state index contributed by atoms with van der Waals surface area (Å²) in [7, 11) is 0. The van der Waals surface area contributed by atoms with Crippen molar-refractivity contribution in [3.8, 4) is 17.2 Å². The first kappa shape index (κ1) is 14.8. The first-order chi connectivity index (χ1) is 11.3. The number of phenols is 2. The number of hydrogen-bond acceptors (Lipinski definition) is 6. The third-order valence-corrected chi connectivity index (χ3v) is 4.44. The number of phenolic OH excluding ortho intramolecular Hbond substituents is 2. The third kappa shape index (κ3) is 1.96. The standard InChI is InChI=1S/C18H16O6/c1-18(2,22)13-6-9-12(23-13)7-11(20)14-15(21)8-4-3-5-10(19)16(8)24-17(9)14/h3-5,7,13,19-20,22H,6H2,1-2H3. The lowest BCUT2D eigenvalue weighted by atomic mass is 9.96. The monoisotopic (exact) mass is 328 g/mol. The average molecular weight is 328 g/mol. The van der Waals surface area contributed by atoms with Gasteiger partial charge < -0.3 is 24.5 Å². The molecule has 2 aromatic carbocycles. The van der Waals surface area contributed by atoms with Gasteiger partial charge >= 0.3 is 0 Å². The molecule has 0 radical (unpaired) electrons. The lowest BCUT2D eigenvalue weighted by molar-refractivity contribution is -0.0229. The fourth-order valence-corrected chi connectivity index (χ4v) is 3.11. The molecule has 1 atom stereocenters. The fourth-order valence-electron chi connectivity index (χ4n) is 3.11. The highest BCUT2D eigenvalue weighted by Crippen LogP contribution is 2.42. The Morgan fingerprint density at radius 2 is 1.92 bits per heavy atom. The summed E-state index contributed by atoms with van der Waals surface area (Å²) in [4.78, 5) is 12.7. The minimum Gasteiger partial charge on any atom is -0.507 e. The van der Waals surface area contributed by atoms with Crippen LogP contribution in [0.4, 0.5) is 0 Å². The number of aromatic hydroxyl groups is 2. The Hall–Kier alpha value is -2.73. The zero-order valence-electron chi connectivity index (χ0n) is 13.2.